The molecule has 0 unspecified atom stereocenters. The third-order valence-corrected chi connectivity index (χ3v) is 11.0. The fraction of sp³-hybridized carbons (Fsp3) is 0.548. The number of anilines is 1. The van der Waals surface area contributed by atoms with Crippen molar-refractivity contribution < 1.29 is 14.0 Å². The fourth-order valence-corrected chi connectivity index (χ4v) is 8.85. The number of hydrogen-bond acceptors (Lipinski definition) is 12. The van der Waals surface area contributed by atoms with Crippen molar-refractivity contribution in [1.82, 2.24) is 35.0 Å². The van der Waals surface area contributed by atoms with Crippen molar-refractivity contribution in [2.75, 3.05) is 32.5 Å². The summed E-state index contributed by atoms with van der Waals surface area (Å²) in [7, 11) is 2.14. The first kappa shape index (κ1) is 27.7. The number of rotatable bonds is 6. The number of aryl methyl sites for hydroxylation is 1. The van der Waals surface area contributed by atoms with Gasteiger partial charge in [-0.25, -0.2) is 9.67 Å². The summed E-state index contributed by atoms with van der Waals surface area (Å²) in [5.74, 6) is 1.73. The summed E-state index contributed by atoms with van der Waals surface area (Å²) < 4.78 is 19.9. The van der Waals surface area contributed by atoms with Crippen molar-refractivity contribution >= 4 is 16.3 Å². The van der Waals surface area contributed by atoms with Crippen LogP contribution in [-0.2, 0) is 23.0 Å². The van der Waals surface area contributed by atoms with Crippen LogP contribution < -0.4 is 10.5 Å². The molecule has 6 heterocycles. The molecule has 2 fully saturated rings. The van der Waals surface area contributed by atoms with Crippen molar-refractivity contribution in [3.05, 3.63) is 39.6 Å². The molecular formula is C31H35N9O3S. The highest BCUT2D eigenvalue weighted by Crippen LogP contribution is 2.55. The summed E-state index contributed by atoms with van der Waals surface area (Å²) in [6.45, 7) is 4.40. The summed E-state index contributed by atoms with van der Waals surface area (Å²) >= 11 is 1.54. The van der Waals surface area contributed by atoms with Gasteiger partial charge in [-0.15, -0.1) is 16.4 Å². The zero-order chi connectivity index (χ0) is 30.0. The lowest BCUT2D eigenvalue weighted by molar-refractivity contribution is -0.0293. The van der Waals surface area contributed by atoms with E-state index in [0.717, 1.165) is 74.8 Å². The normalized spacial score (nSPS) is 24.1. The molecule has 3 atom stereocenters. The molecule has 4 aliphatic rings. The second-order valence-electron chi connectivity index (χ2n) is 12.6. The molecule has 44 heavy (non-hydrogen) atoms. The van der Waals surface area contributed by atoms with Gasteiger partial charge in [-0.05, 0) is 77.4 Å². The maximum Gasteiger partial charge on any atom is 0.217 e. The third kappa shape index (κ3) is 4.34. The zero-order valence-corrected chi connectivity index (χ0v) is 25.8. The van der Waals surface area contributed by atoms with Crippen LogP contribution in [0.3, 0.4) is 0 Å². The molecule has 2 N–H and O–H groups in total. The largest absolute Gasteiger partial charge is 0.473 e. The predicted molar refractivity (Wildman–Crippen MR) is 162 cm³/mol. The number of nitrogens with zero attached hydrogens (tertiary/aromatic N) is 8. The molecule has 0 amide bonds. The number of nitriles is 1. The average Bonchev–Trinajstić information content (AvgIpc) is 3.78. The maximum absolute atomic E-state index is 10.1. The average molecular weight is 614 g/mol. The van der Waals surface area contributed by atoms with Crippen LogP contribution >= 0.6 is 11.3 Å². The Kier molecular flexibility index (Phi) is 6.69. The van der Waals surface area contributed by atoms with E-state index in [1.54, 1.807) is 11.3 Å². The fourth-order valence-electron chi connectivity index (χ4n) is 7.69. The van der Waals surface area contributed by atoms with E-state index in [1.807, 2.05) is 16.9 Å². The first-order chi connectivity index (χ1) is 21.4. The van der Waals surface area contributed by atoms with Crippen LogP contribution in [0.4, 0.5) is 5.00 Å². The van der Waals surface area contributed by atoms with Crippen molar-refractivity contribution in [2.45, 2.75) is 81.9 Å². The highest BCUT2D eigenvalue weighted by molar-refractivity contribution is 7.16. The molecule has 2 aliphatic carbocycles. The Morgan fingerprint density at radius 3 is 2.77 bits per heavy atom. The Hall–Kier alpha value is -3.86. The minimum atomic E-state index is -0.419. The number of likely N-dealkylation sites (tertiary alicyclic amines) is 1. The molecule has 4 aromatic heterocycles. The number of ether oxygens (including phenoxy) is 2. The number of hydrogen-bond donors (Lipinski definition) is 1. The molecule has 0 radical (unpaired) electrons. The van der Waals surface area contributed by atoms with Gasteiger partial charge in [-0.3, -0.25) is 4.90 Å². The van der Waals surface area contributed by atoms with Gasteiger partial charge >= 0.3 is 0 Å². The molecule has 0 aromatic carbocycles. The number of aromatic nitrogens is 6. The van der Waals surface area contributed by atoms with Crippen molar-refractivity contribution in [1.29, 1.82) is 5.26 Å². The molecular weight excluding hydrogens is 578 g/mol. The Morgan fingerprint density at radius 2 is 2.02 bits per heavy atom. The number of nitrogen functional groups attached to an aromatic ring is 1. The van der Waals surface area contributed by atoms with Gasteiger partial charge in [0.15, 0.2) is 17.3 Å². The van der Waals surface area contributed by atoms with E-state index in [2.05, 4.69) is 40.4 Å². The summed E-state index contributed by atoms with van der Waals surface area (Å²) in [5, 5.41) is 24.1. The number of fused-ring (bicyclic) bond motifs is 4. The lowest BCUT2D eigenvalue weighted by atomic mass is 9.63. The molecule has 12 nitrogen and oxygen atoms in total. The number of thiophene rings is 1. The first-order valence-corrected chi connectivity index (χ1v) is 16.3. The Bertz CT molecular complexity index is 1760. The van der Waals surface area contributed by atoms with Crippen LogP contribution in [-0.4, -0.2) is 74.0 Å². The molecule has 2 aliphatic heterocycles. The van der Waals surface area contributed by atoms with E-state index in [1.165, 1.54) is 4.88 Å². The Labute approximate surface area is 259 Å². The molecule has 0 saturated carbocycles. The van der Waals surface area contributed by atoms with Crippen LogP contribution in [0.15, 0.2) is 16.8 Å². The smallest absolute Gasteiger partial charge is 0.217 e. The van der Waals surface area contributed by atoms with E-state index in [-0.39, 0.29) is 12.1 Å². The molecule has 8 rings (SSSR count). The van der Waals surface area contributed by atoms with Crippen LogP contribution in [0.2, 0.25) is 0 Å². The number of nitrogens with two attached hydrogens (primary N) is 1. The molecule has 0 bridgehead atoms. The van der Waals surface area contributed by atoms with Crippen LogP contribution in [0.5, 0.6) is 5.88 Å². The topological polar surface area (TPSA) is 154 Å². The highest BCUT2D eigenvalue weighted by atomic mass is 32.1. The van der Waals surface area contributed by atoms with Gasteiger partial charge in [-0.2, -0.15) is 10.2 Å². The lowest BCUT2D eigenvalue weighted by Gasteiger charge is -2.39. The first-order valence-electron chi connectivity index (χ1n) is 15.5. The molecule has 13 heteroatoms. The van der Waals surface area contributed by atoms with Gasteiger partial charge < -0.3 is 19.7 Å². The molecule has 2 saturated heterocycles. The van der Waals surface area contributed by atoms with E-state index in [4.69, 9.17) is 29.7 Å². The molecule has 1 spiro atoms. The molecule has 4 aromatic rings. The van der Waals surface area contributed by atoms with Gasteiger partial charge in [-0.1, -0.05) is 10.4 Å². The van der Waals surface area contributed by atoms with Crippen molar-refractivity contribution in [2.24, 2.45) is 0 Å². The van der Waals surface area contributed by atoms with Crippen molar-refractivity contribution in [3.63, 3.8) is 0 Å². The summed E-state index contributed by atoms with van der Waals surface area (Å²) in [6, 6.07) is 4.72. The summed E-state index contributed by atoms with van der Waals surface area (Å²) in [5.41, 5.74) is 10.4. The van der Waals surface area contributed by atoms with Crippen LogP contribution in [0.25, 0.3) is 22.9 Å². The number of likely N-dealkylation sites (N-methyl/N-ethyl adjacent to an activating group) is 1. The van der Waals surface area contributed by atoms with E-state index >= 15 is 0 Å². The minimum absolute atomic E-state index is 0.0653. The molecule has 228 valence electrons. The lowest BCUT2D eigenvalue weighted by Crippen LogP contribution is -2.38. The van der Waals surface area contributed by atoms with E-state index in [0.29, 0.717) is 58.6 Å². The van der Waals surface area contributed by atoms with Gasteiger partial charge in [0.2, 0.25) is 5.88 Å². The van der Waals surface area contributed by atoms with Gasteiger partial charge in [0.05, 0.1) is 30.4 Å². The minimum Gasteiger partial charge on any atom is -0.473 e. The third-order valence-electron chi connectivity index (χ3n) is 9.97. The monoisotopic (exact) mass is 613 g/mol. The predicted octanol–water partition coefficient (Wildman–Crippen LogP) is 4.30. The van der Waals surface area contributed by atoms with Crippen LogP contribution in [0, 0.1) is 11.3 Å². The van der Waals surface area contributed by atoms with Gasteiger partial charge in [0.25, 0.3) is 0 Å². The Balaban J connectivity index is 1.22. The van der Waals surface area contributed by atoms with E-state index < -0.39 is 5.41 Å². The zero-order valence-electron chi connectivity index (χ0n) is 25.0. The SMILES string of the molecule is C[C@H](Oc1cc(-c2cn(C3COC3)nn2)nc(-c2noc3c2CCC[C@@]32CCCc3sc(N)c(C#N)c32)n1)[C@@H]1CCCN1C. The van der Waals surface area contributed by atoms with Crippen molar-refractivity contribution in [3.8, 4) is 34.9 Å². The summed E-state index contributed by atoms with van der Waals surface area (Å²) in [6.07, 6.45) is 9.52. The quantitative estimate of drug-likeness (QED) is 0.331. The highest BCUT2D eigenvalue weighted by Gasteiger charge is 2.49. The maximum atomic E-state index is 10.1. The Morgan fingerprint density at radius 1 is 1.18 bits per heavy atom. The summed E-state index contributed by atoms with van der Waals surface area (Å²) in [4.78, 5) is 13.4. The standard InChI is InChI=1S/C31H35N9O3S/c1-17(23-7-5-11-39(23)2)42-25-12-21(22-14-40(38-36-22)18-15-41-16-18)34-30(35-25)27-19-6-3-9-31(28(19)43-37-27)10-4-8-24-26(31)20(13-32)29(33)44-24/h12,14,17-18,23H,3-11,15-16,33H2,1-2H3/t17-,23-,31-/m0/s1. The second-order valence-corrected chi connectivity index (χ2v) is 13.7. The second kappa shape index (κ2) is 10.6. The van der Waals surface area contributed by atoms with E-state index in [9.17, 15) is 5.26 Å². The van der Waals surface area contributed by atoms with Gasteiger partial charge in [0.1, 0.15) is 34.6 Å². The van der Waals surface area contributed by atoms with Crippen LogP contribution in [0.1, 0.15) is 78.8 Å². The van der Waals surface area contributed by atoms with Gasteiger partial charge in [0, 0.05) is 22.5 Å².